The molecule has 142 valence electrons. The van der Waals surface area contributed by atoms with Crippen LogP contribution in [0.2, 0.25) is 0 Å². The molecule has 28 heavy (non-hydrogen) atoms. The Hall–Kier alpha value is -3.10. The van der Waals surface area contributed by atoms with Crippen LogP contribution in [0.3, 0.4) is 0 Å². The molecule has 2 aliphatic heterocycles. The highest BCUT2D eigenvalue weighted by Crippen LogP contribution is 2.28. The normalized spacial score (nSPS) is 18.6. The molecule has 5 heteroatoms. The number of hydrogen-bond donors (Lipinski definition) is 1. The van der Waals surface area contributed by atoms with Gasteiger partial charge >= 0.3 is 0 Å². The number of carbonyl (C=O) groups excluding carboxylic acids is 1. The minimum Gasteiger partial charge on any atom is -0.376 e. The molecule has 1 saturated heterocycles. The number of anilines is 1. The van der Waals surface area contributed by atoms with E-state index in [0.717, 1.165) is 43.8 Å². The number of amides is 1. The summed E-state index contributed by atoms with van der Waals surface area (Å²) in [6.45, 7) is 3.00. The maximum atomic E-state index is 12.3. The molecule has 1 fully saturated rings. The summed E-state index contributed by atoms with van der Waals surface area (Å²) in [4.78, 5) is 14.6. The monoisotopic (exact) mass is 373 g/mol. The van der Waals surface area contributed by atoms with Crippen LogP contribution in [0.1, 0.15) is 29.5 Å². The molecule has 0 radical (unpaired) electrons. The average Bonchev–Trinajstić information content (AvgIpc) is 3.40. The summed E-state index contributed by atoms with van der Waals surface area (Å²) in [5.41, 5.74) is 4.81. The number of rotatable bonds is 5. The maximum absolute atomic E-state index is 12.3. The van der Waals surface area contributed by atoms with Crippen molar-refractivity contribution in [3.63, 3.8) is 0 Å². The zero-order valence-electron chi connectivity index (χ0n) is 15.7. The van der Waals surface area contributed by atoms with Crippen LogP contribution in [-0.2, 0) is 22.6 Å². The molecule has 2 aromatic rings. The third kappa shape index (κ3) is 4.08. The Morgan fingerprint density at radius 2 is 1.89 bits per heavy atom. The minimum absolute atomic E-state index is 0.0627. The van der Waals surface area contributed by atoms with Crippen LogP contribution in [0, 0.1) is 11.3 Å². The summed E-state index contributed by atoms with van der Waals surface area (Å²) < 4.78 is 5.50. The van der Waals surface area contributed by atoms with Gasteiger partial charge in [-0.05, 0) is 47.7 Å². The van der Waals surface area contributed by atoms with Gasteiger partial charge in [0, 0.05) is 31.9 Å². The van der Waals surface area contributed by atoms with Gasteiger partial charge in [0.15, 0.2) is 0 Å². The predicted octanol–water partition coefficient (Wildman–Crippen LogP) is 3.41. The summed E-state index contributed by atoms with van der Waals surface area (Å²) >= 11 is 0. The fraction of sp³-hybridized carbons (Fsp3) is 0.304. The van der Waals surface area contributed by atoms with Gasteiger partial charge in [-0.1, -0.05) is 36.4 Å². The first kappa shape index (κ1) is 18.3. The van der Waals surface area contributed by atoms with Gasteiger partial charge in [-0.15, -0.1) is 0 Å². The van der Waals surface area contributed by atoms with Gasteiger partial charge in [0.2, 0.25) is 0 Å². The number of nitrogens with one attached hydrogen (secondary N) is 1. The molecule has 5 nitrogen and oxygen atoms in total. The van der Waals surface area contributed by atoms with Crippen molar-refractivity contribution in [3.8, 4) is 6.07 Å². The third-order valence-corrected chi connectivity index (χ3v) is 5.29. The van der Waals surface area contributed by atoms with Crippen LogP contribution in [-0.4, -0.2) is 25.2 Å². The summed E-state index contributed by atoms with van der Waals surface area (Å²) in [6, 6.07) is 18.5. The maximum Gasteiger partial charge on any atom is 0.262 e. The lowest BCUT2D eigenvalue weighted by Gasteiger charge is -2.17. The van der Waals surface area contributed by atoms with Crippen molar-refractivity contribution in [2.45, 2.75) is 32.0 Å². The number of ether oxygens (including phenoxy) is 1. The highest BCUT2D eigenvalue weighted by Gasteiger charge is 2.19. The molecule has 0 unspecified atom stereocenters. The first-order valence-electron chi connectivity index (χ1n) is 9.66. The van der Waals surface area contributed by atoms with E-state index in [1.54, 1.807) is 6.08 Å². The second kappa shape index (κ2) is 8.28. The van der Waals surface area contributed by atoms with E-state index in [9.17, 15) is 10.1 Å². The van der Waals surface area contributed by atoms with Gasteiger partial charge in [-0.25, -0.2) is 0 Å². The molecule has 0 aromatic heterocycles. The Balaban J connectivity index is 1.40. The molecule has 2 heterocycles. The molecule has 0 saturated carbocycles. The van der Waals surface area contributed by atoms with Crippen LogP contribution in [0.25, 0.3) is 6.08 Å². The summed E-state index contributed by atoms with van der Waals surface area (Å²) in [7, 11) is 0. The lowest BCUT2D eigenvalue weighted by Crippen LogP contribution is -2.32. The van der Waals surface area contributed by atoms with Crippen molar-refractivity contribution in [1.29, 1.82) is 5.26 Å². The Kier molecular flexibility index (Phi) is 5.41. The Morgan fingerprint density at radius 3 is 2.50 bits per heavy atom. The van der Waals surface area contributed by atoms with Crippen molar-refractivity contribution in [2.75, 3.05) is 18.1 Å². The second-order valence-corrected chi connectivity index (χ2v) is 7.23. The van der Waals surface area contributed by atoms with Gasteiger partial charge in [0.25, 0.3) is 5.91 Å². The molecule has 2 aliphatic rings. The molecule has 4 rings (SSSR count). The van der Waals surface area contributed by atoms with Crippen LogP contribution < -0.4 is 10.2 Å². The van der Waals surface area contributed by atoms with E-state index in [1.165, 1.54) is 11.1 Å². The number of hydrogen-bond acceptors (Lipinski definition) is 4. The Morgan fingerprint density at radius 1 is 1.18 bits per heavy atom. The van der Waals surface area contributed by atoms with Crippen LogP contribution >= 0.6 is 0 Å². The first-order chi connectivity index (χ1) is 13.7. The lowest BCUT2D eigenvalue weighted by molar-refractivity contribution is -0.117. The molecule has 1 atom stereocenters. The van der Waals surface area contributed by atoms with Crippen LogP contribution in [0.15, 0.2) is 54.1 Å². The molecule has 0 aliphatic carbocycles. The summed E-state index contributed by atoms with van der Waals surface area (Å²) in [5, 5.41) is 12.2. The number of fused-ring (bicyclic) bond motifs is 1. The van der Waals surface area contributed by atoms with Gasteiger partial charge < -0.3 is 15.0 Å². The molecule has 1 amide bonds. The molecule has 0 spiro atoms. The molecule has 0 bridgehead atoms. The Labute approximate surface area is 165 Å². The van der Waals surface area contributed by atoms with Gasteiger partial charge in [-0.3, -0.25) is 4.79 Å². The fourth-order valence-electron chi connectivity index (χ4n) is 3.72. The van der Waals surface area contributed by atoms with Crippen molar-refractivity contribution in [2.24, 2.45) is 0 Å². The summed E-state index contributed by atoms with van der Waals surface area (Å²) in [6.07, 6.45) is 3.67. The zero-order valence-corrected chi connectivity index (χ0v) is 15.7. The number of carbonyl (C=O) groups is 1. The van der Waals surface area contributed by atoms with E-state index >= 15 is 0 Å². The molecule has 1 N–H and O–H groups in total. The Bertz CT molecular complexity index is 897. The number of benzene rings is 2. The lowest BCUT2D eigenvalue weighted by atomic mass is 10.1. The average molecular weight is 373 g/mol. The highest BCUT2D eigenvalue weighted by molar-refractivity contribution is 6.01. The first-order valence-corrected chi connectivity index (χ1v) is 9.66. The number of nitriles is 1. The standard InChI is InChI=1S/C23H23N3O2/c24-13-20(23(27)25-14-22-6-3-11-28-22)12-17-7-9-21(10-8-17)26-15-18-4-1-2-5-19(18)16-26/h1-2,4-5,7-10,12,22H,3,6,11,14-16H2,(H,25,27)/b20-12-/t22-/m1/s1. The van der Waals surface area contributed by atoms with Crippen molar-refractivity contribution in [1.82, 2.24) is 5.32 Å². The topological polar surface area (TPSA) is 65.4 Å². The SMILES string of the molecule is N#C/C(=C/c1ccc(N2Cc3ccccc3C2)cc1)C(=O)NC[C@H]1CCCO1. The zero-order chi connectivity index (χ0) is 19.3. The summed E-state index contributed by atoms with van der Waals surface area (Å²) in [5.74, 6) is -0.350. The fourth-order valence-corrected chi connectivity index (χ4v) is 3.72. The minimum atomic E-state index is -0.350. The van der Waals surface area contributed by atoms with Gasteiger partial charge in [-0.2, -0.15) is 5.26 Å². The third-order valence-electron chi connectivity index (χ3n) is 5.29. The predicted molar refractivity (Wildman–Crippen MR) is 108 cm³/mol. The van der Waals surface area contributed by atoms with E-state index in [2.05, 4.69) is 34.5 Å². The highest BCUT2D eigenvalue weighted by atomic mass is 16.5. The van der Waals surface area contributed by atoms with Crippen molar-refractivity contribution >= 4 is 17.7 Å². The van der Waals surface area contributed by atoms with Crippen molar-refractivity contribution in [3.05, 3.63) is 70.8 Å². The largest absolute Gasteiger partial charge is 0.376 e. The number of nitrogens with zero attached hydrogens (tertiary/aromatic N) is 2. The van der Waals surface area contributed by atoms with E-state index in [0.29, 0.717) is 6.54 Å². The van der Waals surface area contributed by atoms with E-state index in [-0.39, 0.29) is 17.6 Å². The van der Waals surface area contributed by atoms with E-state index in [4.69, 9.17) is 4.74 Å². The van der Waals surface area contributed by atoms with Crippen LogP contribution in [0.5, 0.6) is 0 Å². The van der Waals surface area contributed by atoms with Gasteiger partial charge in [0.1, 0.15) is 11.6 Å². The van der Waals surface area contributed by atoms with Gasteiger partial charge in [0.05, 0.1) is 6.10 Å². The van der Waals surface area contributed by atoms with E-state index < -0.39 is 0 Å². The van der Waals surface area contributed by atoms with Crippen LogP contribution in [0.4, 0.5) is 5.69 Å². The second-order valence-electron chi connectivity index (χ2n) is 7.23. The molecular weight excluding hydrogens is 350 g/mol. The molecule has 2 aromatic carbocycles. The van der Waals surface area contributed by atoms with Crippen molar-refractivity contribution < 1.29 is 9.53 Å². The molecular formula is C23H23N3O2. The smallest absolute Gasteiger partial charge is 0.262 e. The quantitative estimate of drug-likeness (QED) is 0.644. The van der Waals surface area contributed by atoms with E-state index in [1.807, 2.05) is 30.3 Å².